The fraction of sp³-hybridized carbons (Fsp3) is 0.214. The maximum absolute atomic E-state index is 12.3. The molecule has 0 fully saturated rings. The van der Waals surface area contributed by atoms with Crippen LogP contribution in [-0.2, 0) is 14.8 Å². The highest BCUT2D eigenvalue weighted by Crippen LogP contribution is 2.19. The first kappa shape index (κ1) is 16.7. The van der Waals surface area contributed by atoms with Crippen molar-refractivity contribution >= 4 is 27.4 Å². The quantitative estimate of drug-likeness (QED) is 0.857. The fourth-order valence-electron chi connectivity index (χ4n) is 1.81. The molecule has 23 heavy (non-hydrogen) atoms. The second-order valence-electron chi connectivity index (χ2n) is 4.65. The molecule has 1 aromatic heterocycles. The molecule has 1 aromatic carbocycles. The number of aromatic nitrogens is 2. The molecule has 0 aliphatic rings. The Balaban J connectivity index is 2.25. The first-order valence-electron chi connectivity index (χ1n) is 6.60. The third kappa shape index (κ3) is 4.39. The van der Waals surface area contributed by atoms with Crippen LogP contribution in [0.4, 0.5) is 11.5 Å². The van der Waals surface area contributed by atoms with Gasteiger partial charge >= 0.3 is 0 Å². The molecule has 2 aromatic rings. The Morgan fingerprint density at radius 3 is 2.39 bits per heavy atom. The lowest BCUT2D eigenvalue weighted by Crippen LogP contribution is -2.15. The minimum Gasteiger partial charge on any atom is -0.481 e. The van der Waals surface area contributed by atoms with E-state index in [1.165, 1.54) is 44.4 Å². The number of nitrogens with one attached hydrogen (secondary N) is 2. The maximum atomic E-state index is 12.3. The summed E-state index contributed by atoms with van der Waals surface area (Å²) in [4.78, 5) is 19.0. The molecule has 0 saturated heterocycles. The molecule has 0 saturated carbocycles. The van der Waals surface area contributed by atoms with E-state index in [0.29, 0.717) is 11.5 Å². The highest BCUT2D eigenvalue weighted by atomic mass is 32.2. The molecule has 122 valence electrons. The van der Waals surface area contributed by atoms with Crippen molar-refractivity contribution in [1.29, 1.82) is 0 Å². The Morgan fingerprint density at radius 2 is 1.83 bits per heavy atom. The molecular formula is C14H16N4O4S. The number of nitrogens with zero attached hydrogens (tertiary/aromatic N) is 2. The normalized spacial score (nSPS) is 10.9. The van der Waals surface area contributed by atoms with Gasteiger partial charge in [-0.05, 0) is 31.2 Å². The van der Waals surface area contributed by atoms with E-state index in [1.54, 1.807) is 6.92 Å². The van der Waals surface area contributed by atoms with E-state index in [4.69, 9.17) is 4.74 Å². The van der Waals surface area contributed by atoms with Crippen molar-refractivity contribution in [1.82, 2.24) is 9.97 Å². The summed E-state index contributed by atoms with van der Waals surface area (Å²) in [6, 6.07) is 7.16. The van der Waals surface area contributed by atoms with E-state index in [-0.39, 0.29) is 22.5 Å². The number of carbonyl (C=O) groups is 1. The third-order valence-corrected chi connectivity index (χ3v) is 4.12. The predicted molar refractivity (Wildman–Crippen MR) is 84.9 cm³/mol. The zero-order valence-corrected chi connectivity index (χ0v) is 13.6. The number of benzene rings is 1. The number of amides is 1. The molecule has 8 nitrogen and oxygen atoms in total. The average molecular weight is 336 g/mol. The monoisotopic (exact) mass is 336 g/mol. The van der Waals surface area contributed by atoms with Gasteiger partial charge < -0.3 is 10.1 Å². The Labute approximate surface area is 134 Å². The number of anilines is 2. The van der Waals surface area contributed by atoms with Crippen LogP contribution in [0.15, 0.2) is 35.2 Å². The Kier molecular flexibility index (Phi) is 4.80. The van der Waals surface area contributed by atoms with Crippen molar-refractivity contribution in [3.8, 4) is 5.88 Å². The van der Waals surface area contributed by atoms with Crippen LogP contribution in [0.25, 0.3) is 0 Å². The minimum absolute atomic E-state index is 0.0434. The summed E-state index contributed by atoms with van der Waals surface area (Å²) >= 11 is 0. The number of hydrogen-bond acceptors (Lipinski definition) is 6. The van der Waals surface area contributed by atoms with Gasteiger partial charge in [-0.2, -0.15) is 4.98 Å². The summed E-state index contributed by atoms with van der Waals surface area (Å²) in [5.41, 5.74) is 0.510. The van der Waals surface area contributed by atoms with Crippen LogP contribution in [0.1, 0.15) is 12.7 Å². The summed E-state index contributed by atoms with van der Waals surface area (Å²) in [5.74, 6) is 0.516. The van der Waals surface area contributed by atoms with E-state index in [9.17, 15) is 13.2 Å². The SMILES string of the molecule is COc1cc(NS(=O)(=O)c2ccc(NC(C)=O)cc2)nc(C)n1. The highest BCUT2D eigenvalue weighted by molar-refractivity contribution is 7.92. The van der Waals surface area contributed by atoms with Crippen molar-refractivity contribution in [2.24, 2.45) is 0 Å². The van der Waals surface area contributed by atoms with E-state index < -0.39 is 10.0 Å². The second-order valence-corrected chi connectivity index (χ2v) is 6.34. The van der Waals surface area contributed by atoms with Gasteiger partial charge in [0.25, 0.3) is 10.0 Å². The lowest BCUT2D eigenvalue weighted by Gasteiger charge is -2.09. The van der Waals surface area contributed by atoms with Crippen LogP contribution in [0.3, 0.4) is 0 Å². The molecule has 0 aliphatic carbocycles. The van der Waals surface area contributed by atoms with Gasteiger partial charge in [0.1, 0.15) is 11.6 Å². The van der Waals surface area contributed by atoms with Crippen LogP contribution in [0.5, 0.6) is 5.88 Å². The summed E-state index contributed by atoms with van der Waals surface area (Å²) in [6.45, 7) is 3.00. The number of hydrogen-bond donors (Lipinski definition) is 2. The molecule has 2 N–H and O–H groups in total. The molecule has 0 aliphatic heterocycles. The Hall–Kier alpha value is -2.68. The summed E-state index contributed by atoms with van der Waals surface area (Å²) in [6.07, 6.45) is 0. The van der Waals surface area contributed by atoms with Crippen LogP contribution in [0.2, 0.25) is 0 Å². The van der Waals surface area contributed by atoms with Gasteiger partial charge in [0.2, 0.25) is 11.8 Å². The van der Waals surface area contributed by atoms with Crippen molar-refractivity contribution in [3.05, 3.63) is 36.2 Å². The van der Waals surface area contributed by atoms with E-state index in [2.05, 4.69) is 20.0 Å². The lowest BCUT2D eigenvalue weighted by atomic mass is 10.3. The standard InChI is InChI=1S/C14H16N4O4S/c1-9-15-13(8-14(16-9)22-3)18-23(20,21)12-6-4-11(5-7-12)17-10(2)19/h4-8H,1-3H3,(H,17,19)(H,15,16,18). The molecule has 9 heteroatoms. The van der Waals surface area contributed by atoms with E-state index >= 15 is 0 Å². The summed E-state index contributed by atoms with van der Waals surface area (Å²) in [5, 5.41) is 2.56. The van der Waals surface area contributed by atoms with Gasteiger partial charge in [0, 0.05) is 18.7 Å². The molecule has 0 unspecified atom stereocenters. The van der Waals surface area contributed by atoms with E-state index in [0.717, 1.165) is 0 Å². The molecule has 0 radical (unpaired) electrons. The van der Waals surface area contributed by atoms with Gasteiger partial charge in [0.15, 0.2) is 0 Å². The predicted octanol–water partition coefficient (Wildman–Crippen LogP) is 1.55. The largest absolute Gasteiger partial charge is 0.481 e. The molecule has 1 heterocycles. The van der Waals surface area contributed by atoms with Crippen LogP contribution < -0.4 is 14.8 Å². The van der Waals surface area contributed by atoms with Gasteiger partial charge in [-0.3, -0.25) is 9.52 Å². The van der Waals surface area contributed by atoms with Crippen molar-refractivity contribution < 1.29 is 17.9 Å². The van der Waals surface area contributed by atoms with E-state index in [1.807, 2.05) is 0 Å². The lowest BCUT2D eigenvalue weighted by molar-refractivity contribution is -0.114. The zero-order valence-electron chi connectivity index (χ0n) is 12.8. The molecule has 1 amide bonds. The number of aryl methyl sites for hydroxylation is 1. The highest BCUT2D eigenvalue weighted by Gasteiger charge is 2.16. The van der Waals surface area contributed by atoms with Gasteiger partial charge in [-0.15, -0.1) is 0 Å². The van der Waals surface area contributed by atoms with Crippen molar-refractivity contribution in [2.75, 3.05) is 17.1 Å². The Bertz CT molecular complexity index is 819. The first-order valence-corrected chi connectivity index (χ1v) is 8.08. The maximum Gasteiger partial charge on any atom is 0.263 e. The Morgan fingerprint density at radius 1 is 1.17 bits per heavy atom. The average Bonchev–Trinajstić information content (AvgIpc) is 2.46. The molecule has 0 bridgehead atoms. The first-order chi connectivity index (χ1) is 10.8. The zero-order chi connectivity index (χ0) is 17.0. The van der Waals surface area contributed by atoms with Gasteiger partial charge in [-0.1, -0.05) is 0 Å². The van der Waals surface area contributed by atoms with Crippen molar-refractivity contribution in [3.63, 3.8) is 0 Å². The van der Waals surface area contributed by atoms with Crippen LogP contribution in [0, 0.1) is 6.92 Å². The molecule has 0 spiro atoms. The number of methoxy groups -OCH3 is 1. The fourth-order valence-corrected chi connectivity index (χ4v) is 2.81. The smallest absolute Gasteiger partial charge is 0.263 e. The number of sulfonamides is 1. The molecule has 0 atom stereocenters. The summed E-state index contributed by atoms with van der Waals surface area (Å²) < 4.78 is 32.0. The number of carbonyl (C=O) groups excluding carboxylic acids is 1. The number of rotatable bonds is 5. The van der Waals surface area contributed by atoms with Crippen molar-refractivity contribution in [2.45, 2.75) is 18.7 Å². The molecular weight excluding hydrogens is 320 g/mol. The van der Waals surface area contributed by atoms with Gasteiger partial charge in [-0.25, -0.2) is 13.4 Å². The third-order valence-electron chi connectivity index (χ3n) is 2.75. The van der Waals surface area contributed by atoms with Gasteiger partial charge in [0.05, 0.1) is 12.0 Å². The van der Waals surface area contributed by atoms with Crippen LogP contribution in [-0.4, -0.2) is 31.4 Å². The second kappa shape index (κ2) is 6.61. The minimum atomic E-state index is -3.81. The summed E-state index contributed by atoms with van der Waals surface area (Å²) in [7, 11) is -2.38. The topological polar surface area (TPSA) is 110 Å². The number of ether oxygens (including phenoxy) is 1. The molecule has 2 rings (SSSR count). The van der Waals surface area contributed by atoms with Crippen LogP contribution >= 0.6 is 0 Å².